The maximum atomic E-state index is 12.5. The molecule has 0 fully saturated rings. The first-order chi connectivity index (χ1) is 11.9. The minimum Gasteiger partial charge on any atom is -0.458 e. The van der Waals surface area contributed by atoms with Crippen LogP contribution < -0.4 is 4.90 Å². The van der Waals surface area contributed by atoms with Crippen molar-refractivity contribution in [2.45, 2.75) is 65.9 Å². The van der Waals surface area contributed by atoms with E-state index in [0.717, 1.165) is 42.5 Å². The second-order valence-electron chi connectivity index (χ2n) is 6.38. The highest BCUT2D eigenvalue weighted by Crippen LogP contribution is 2.28. The molecule has 0 aromatic heterocycles. The summed E-state index contributed by atoms with van der Waals surface area (Å²) >= 11 is 5.82. The van der Waals surface area contributed by atoms with Gasteiger partial charge in [0.1, 0.15) is 18.0 Å². The molecule has 0 bridgehead atoms. The number of para-hydroxylation sites is 1. The lowest BCUT2D eigenvalue weighted by Gasteiger charge is -2.30. The van der Waals surface area contributed by atoms with Crippen LogP contribution in [0.3, 0.4) is 0 Å². The van der Waals surface area contributed by atoms with E-state index in [1.807, 2.05) is 52.8 Å². The number of hydrogen-bond donors (Lipinski definition) is 0. The van der Waals surface area contributed by atoms with Gasteiger partial charge in [0.15, 0.2) is 0 Å². The molecule has 0 saturated heterocycles. The van der Waals surface area contributed by atoms with Gasteiger partial charge in [-0.2, -0.15) is 0 Å². The lowest BCUT2D eigenvalue weighted by atomic mass is 10.00. The molecule has 25 heavy (non-hydrogen) atoms. The Hall–Kier alpha value is -1.55. The Labute approximate surface area is 156 Å². The van der Waals surface area contributed by atoms with Crippen LogP contribution in [0.1, 0.15) is 58.6 Å². The number of anilines is 1. The third-order valence-corrected chi connectivity index (χ3v) is 5.02. The lowest BCUT2D eigenvalue weighted by Crippen LogP contribution is -2.41. The molecule has 0 aliphatic rings. The van der Waals surface area contributed by atoms with E-state index < -0.39 is 11.6 Å². The molecular weight excluding hydrogens is 338 g/mol. The van der Waals surface area contributed by atoms with Crippen LogP contribution in [0.5, 0.6) is 0 Å². The summed E-state index contributed by atoms with van der Waals surface area (Å²) in [5, 5.41) is 0. The molecule has 140 valence electrons. The summed E-state index contributed by atoms with van der Waals surface area (Å²) in [7, 11) is 0. The first-order valence-corrected chi connectivity index (χ1v) is 9.58. The fourth-order valence-corrected chi connectivity index (χ4v) is 2.90. The molecule has 5 heteroatoms. The quantitative estimate of drug-likeness (QED) is 0.476. The molecule has 0 aliphatic carbocycles. The first-order valence-electron chi connectivity index (χ1n) is 9.04. The van der Waals surface area contributed by atoms with Crippen molar-refractivity contribution in [3.63, 3.8) is 0 Å². The fourth-order valence-electron chi connectivity index (χ4n) is 2.76. The van der Waals surface area contributed by atoms with E-state index in [0.29, 0.717) is 0 Å². The van der Waals surface area contributed by atoms with Crippen molar-refractivity contribution in [1.82, 2.24) is 0 Å². The van der Waals surface area contributed by atoms with Crippen molar-refractivity contribution >= 4 is 29.2 Å². The van der Waals surface area contributed by atoms with Crippen LogP contribution in [0.25, 0.3) is 0 Å². The van der Waals surface area contributed by atoms with Crippen molar-refractivity contribution < 1.29 is 14.3 Å². The minimum atomic E-state index is -0.509. The molecular formula is C20H30ClNO3. The van der Waals surface area contributed by atoms with Crippen LogP contribution in [0, 0.1) is 0 Å². The predicted octanol–water partition coefficient (Wildman–Crippen LogP) is 4.51. The average Bonchev–Trinajstić information content (AvgIpc) is 2.64. The summed E-state index contributed by atoms with van der Waals surface area (Å²) in [6.45, 7) is 9.83. The summed E-state index contributed by atoms with van der Waals surface area (Å²) < 4.78 is 5.65. The van der Waals surface area contributed by atoms with E-state index in [9.17, 15) is 9.59 Å². The van der Waals surface area contributed by atoms with Gasteiger partial charge >= 0.3 is 5.97 Å². The number of halogens is 1. The number of alkyl halides is 1. The van der Waals surface area contributed by atoms with Crippen LogP contribution in [0.4, 0.5) is 5.69 Å². The Bertz CT molecular complexity index is 574. The number of rotatable bonds is 9. The topological polar surface area (TPSA) is 46.6 Å². The zero-order valence-corrected chi connectivity index (χ0v) is 16.8. The molecule has 1 rings (SSSR count). The minimum absolute atomic E-state index is 0.120. The second-order valence-corrected chi connectivity index (χ2v) is 6.64. The zero-order chi connectivity index (χ0) is 19.0. The van der Waals surface area contributed by atoms with E-state index >= 15 is 0 Å². The Kier molecular flexibility index (Phi) is 8.43. The van der Waals surface area contributed by atoms with E-state index in [4.69, 9.17) is 16.3 Å². The Balaban J connectivity index is 3.20. The van der Waals surface area contributed by atoms with Gasteiger partial charge in [-0.3, -0.25) is 14.5 Å². The number of aryl methyl sites for hydroxylation is 2. The lowest BCUT2D eigenvalue weighted by molar-refractivity contribution is -0.157. The maximum absolute atomic E-state index is 12.5. The van der Waals surface area contributed by atoms with E-state index in [-0.39, 0.29) is 18.3 Å². The monoisotopic (exact) mass is 367 g/mol. The summed E-state index contributed by atoms with van der Waals surface area (Å²) in [6, 6.07) is 5.95. The normalized spacial score (nSPS) is 11.3. The number of amides is 1. The SMILES string of the molecule is CCc1cccc(CC)c1N(CC(=O)OC(C)(CC)CC)C(=O)CCl. The number of benzene rings is 1. The molecule has 4 nitrogen and oxygen atoms in total. The van der Waals surface area contributed by atoms with Crippen molar-refractivity contribution in [1.29, 1.82) is 0 Å². The zero-order valence-electron chi connectivity index (χ0n) is 16.0. The van der Waals surface area contributed by atoms with Crippen LogP contribution in [0.2, 0.25) is 0 Å². The highest BCUT2D eigenvalue weighted by atomic mass is 35.5. The summed E-state index contributed by atoms with van der Waals surface area (Å²) in [6.07, 6.45) is 2.99. The highest BCUT2D eigenvalue weighted by molar-refractivity contribution is 6.29. The van der Waals surface area contributed by atoms with Crippen molar-refractivity contribution in [3.8, 4) is 0 Å². The first kappa shape index (κ1) is 21.5. The van der Waals surface area contributed by atoms with Gasteiger partial charge < -0.3 is 4.74 Å². The fraction of sp³-hybridized carbons (Fsp3) is 0.600. The number of hydrogen-bond acceptors (Lipinski definition) is 3. The van der Waals surface area contributed by atoms with Gasteiger partial charge in [-0.1, -0.05) is 45.9 Å². The number of ether oxygens (including phenoxy) is 1. The third-order valence-electron chi connectivity index (χ3n) is 4.79. The third kappa shape index (κ3) is 5.46. The van der Waals surface area contributed by atoms with Crippen molar-refractivity contribution in [2.75, 3.05) is 17.3 Å². The standard InChI is InChI=1S/C20H30ClNO3/c1-6-15-11-10-12-16(7-2)19(15)22(17(23)13-21)14-18(24)25-20(5,8-3)9-4/h10-12H,6-9,13-14H2,1-5H3. The van der Waals surface area contributed by atoms with E-state index in [1.54, 1.807) is 0 Å². The van der Waals surface area contributed by atoms with Gasteiger partial charge in [-0.05, 0) is 43.7 Å². The molecule has 0 atom stereocenters. The van der Waals surface area contributed by atoms with Crippen molar-refractivity contribution in [2.24, 2.45) is 0 Å². The molecule has 0 heterocycles. The Morgan fingerprint density at radius 3 is 2.00 bits per heavy atom. The molecule has 0 aliphatic heterocycles. The van der Waals surface area contributed by atoms with Gasteiger partial charge in [-0.15, -0.1) is 11.6 Å². The molecule has 0 unspecified atom stereocenters. The van der Waals surface area contributed by atoms with Crippen LogP contribution in [-0.2, 0) is 27.2 Å². The largest absolute Gasteiger partial charge is 0.458 e. The maximum Gasteiger partial charge on any atom is 0.326 e. The van der Waals surface area contributed by atoms with Gasteiger partial charge in [-0.25, -0.2) is 0 Å². The number of carbonyl (C=O) groups excluding carboxylic acids is 2. The highest BCUT2D eigenvalue weighted by Gasteiger charge is 2.28. The average molecular weight is 368 g/mol. The number of carbonyl (C=O) groups is 2. The van der Waals surface area contributed by atoms with Gasteiger partial charge in [0.2, 0.25) is 5.91 Å². The smallest absolute Gasteiger partial charge is 0.326 e. The van der Waals surface area contributed by atoms with Crippen LogP contribution >= 0.6 is 11.6 Å². The van der Waals surface area contributed by atoms with E-state index in [1.165, 1.54) is 4.90 Å². The number of esters is 1. The summed E-state index contributed by atoms with van der Waals surface area (Å²) in [5.74, 6) is -0.866. The summed E-state index contributed by atoms with van der Waals surface area (Å²) in [5.41, 5.74) is 2.34. The molecule has 1 aromatic carbocycles. The molecule has 0 saturated carbocycles. The molecule has 0 N–H and O–H groups in total. The summed E-state index contributed by atoms with van der Waals surface area (Å²) in [4.78, 5) is 26.5. The Morgan fingerprint density at radius 1 is 1.08 bits per heavy atom. The van der Waals surface area contributed by atoms with Gasteiger partial charge in [0.05, 0.1) is 5.69 Å². The predicted molar refractivity (Wildman–Crippen MR) is 103 cm³/mol. The van der Waals surface area contributed by atoms with Crippen LogP contribution in [0.15, 0.2) is 18.2 Å². The Morgan fingerprint density at radius 2 is 1.60 bits per heavy atom. The van der Waals surface area contributed by atoms with Crippen molar-refractivity contribution in [3.05, 3.63) is 29.3 Å². The second kappa shape index (κ2) is 9.81. The molecule has 0 spiro atoms. The molecule has 0 radical (unpaired) electrons. The molecule has 1 aromatic rings. The molecule has 1 amide bonds. The van der Waals surface area contributed by atoms with Gasteiger partial charge in [0, 0.05) is 0 Å². The number of nitrogens with zero attached hydrogens (tertiary/aromatic N) is 1. The van der Waals surface area contributed by atoms with Gasteiger partial charge in [0.25, 0.3) is 0 Å². The van der Waals surface area contributed by atoms with Crippen LogP contribution in [-0.4, -0.2) is 29.9 Å². The van der Waals surface area contributed by atoms with E-state index in [2.05, 4.69) is 0 Å².